The molecule has 3 rings (SSSR count). The van der Waals surface area contributed by atoms with E-state index in [0.29, 0.717) is 11.3 Å². The van der Waals surface area contributed by atoms with Crippen molar-refractivity contribution < 1.29 is 9.47 Å². The first kappa shape index (κ1) is 17.4. The van der Waals surface area contributed by atoms with E-state index in [0.717, 1.165) is 43.3 Å². The maximum Gasteiger partial charge on any atom is 0.156 e. The summed E-state index contributed by atoms with van der Waals surface area (Å²) < 4.78 is 11.2. The summed E-state index contributed by atoms with van der Waals surface area (Å²) in [6.45, 7) is 4.19. The maximum absolute atomic E-state index is 9.08. The Hall–Kier alpha value is -2.43. The molecule has 1 fully saturated rings. The van der Waals surface area contributed by atoms with E-state index >= 15 is 0 Å². The van der Waals surface area contributed by atoms with E-state index in [-0.39, 0.29) is 12.0 Å². The lowest BCUT2D eigenvalue weighted by molar-refractivity contribution is 0.0711. The van der Waals surface area contributed by atoms with Crippen LogP contribution in [-0.4, -0.2) is 53.5 Å². The molecule has 2 heterocycles. The van der Waals surface area contributed by atoms with Crippen LogP contribution in [0.4, 0.5) is 0 Å². The molecular weight excluding hydrogens is 318 g/mol. The minimum Gasteiger partial charge on any atom is -0.495 e. The second kappa shape index (κ2) is 7.64. The first-order valence-electron chi connectivity index (χ1n) is 8.36. The number of aromatic amines is 1. The third-order valence-electron chi connectivity index (χ3n) is 4.49. The van der Waals surface area contributed by atoms with Crippen LogP contribution >= 0.6 is 0 Å². The molecule has 7 heteroatoms. The van der Waals surface area contributed by atoms with Gasteiger partial charge in [0, 0.05) is 19.7 Å². The van der Waals surface area contributed by atoms with Crippen LogP contribution in [-0.2, 0) is 11.3 Å². The Morgan fingerprint density at radius 1 is 1.48 bits per heavy atom. The Kier molecular flexibility index (Phi) is 5.31. The molecule has 0 aliphatic carbocycles. The van der Waals surface area contributed by atoms with Crippen LogP contribution in [0.25, 0.3) is 0 Å². The third kappa shape index (κ3) is 3.98. The molecule has 0 unspecified atom stereocenters. The molecule has 2 atom stereocenters. The number of hydrogen-bond donors (Lipinski definition) is 1. The largest absolute Gasteiger partial charge is 0.495 e. The average Bonchev–Trinajstić information content (AvgIpc) is 3.23. The molecule has 1 aliphatic heterocycles. The molecule has 132 valence electrons. The predicted molar refractivity (Wildman–Crippen MR) is 92.3 cm³/mol. The highest BCUT2D eigenvalue weighted by atomic mass is 16.5. The number of ether oxygens (including phenoxy) is 2. The number of aryl methyl sites for hydroxylation is 1. The van der Waals surface area contributed by atoms with E-state index in [9.17, 15) is 0 Å². The lowest BCUT2D eigenvalue weighted by Gasteiger charge is -2.23. The number of likely N-dealkylation sites (N-methyl/N-ethyl adjacent to an activating group) is 1. The van der Waals surface area contributed by atoms with Gasteiger partial charge in [-0.1, -0.05) is 6.07 Å². The van der Waals surface area contributed by atoms with Crippen LogP contribution in [0.2, 0.25) is 0 Å². The monoisotopic (exact) mass is 341 g/mol. The number of H-pyrrole nitrogens is 1. The lowest BCUT2D eigenvalue weighted by atomic mass is 10.00. The van der Waals surface area contributed by atoms with Crippen LogP contribution in [0.5, 0.6) is 5.75 Å². The molecule has 1 aromatic carbocycles. The van der Waals surface area contributed by atoms with Crippen molar-refractivity contribution in [1.82, 2.24) is 20.1 Å². The number of hydrogen-bond acceptors (Lipinski definition) is 6. The molecular formula is C18H23N5O2. The van der Waals surface area contributed by atoms with E-state index in [1.807, 2.05) is 19.1 Å². The summed E-state index contributed by atoms with van der Waals surface area (Å²) in [5.74, 6) is 2.51. The molecule has 1 aliphatic rings. The fourth-order valence-electron chi connectivity index (χ4n) is 3.26. The van der Waals surface area contributed by atoms with Gasteiger partial charge in [-0.05, 0) is 38.1 Å². The van der Waals surface area contributed by atoms with Crippen LogP contribution in [0.3, 0.4) is 0 Å². The van der Waals surface area contributed by atoms with Crippen molar-refractivity contribution in [3.05, 3.63) is 41.0 Å². The Morgan fingerprint density at radius 2 is 2.32 bits per heavy atom. The summed E-state index contributed by atoms with van der Waals surface area (Å²) in [6.07, 6.45) is 1.03. The molecule has 2 aromatic rings. The first-order chi connectivity index (χ1) is 12.1. The van der Waals surface area contributed by atoms with Gasteiger partial charge in [-0.3, -0.25) is 10.00 Å². The highest BCUT2D eigenvalue weighted by Crippen LogP contribution is 2.30. The van der Waals surface area contributed by atoms with Gasteiger partial charge in [-0.2, -0.15) is 10.4 Å². The molecule has 0 saturated carbocycles. The number of nitrogens with one attached hydrogen (secondary N) is 1. The zero-order chi connectivity index (χ0) is 17.8. The van der Waals surface area contributed by atoms with E-state index < -0.39 is 0 Å². The molecule has 1 saturated heterocycles. The van der Waals surface area contributed by atoms with E-state index in [1.54, 1.807) is 13.2 Å². The zero-order valence-electron chi connectivity index (χ0n) is 14.8. The summed E-state index contributed by atoms with van der Waals surface area (Å²) in [5.41, 5.74) is 1.65. The third-order valence-corrected chi connectivity index (χ3v) is 4.49. The molecule has 1 aromatic heterocycles. The molecule has 0 spiro atoms. The van der Waals surface area contributed by atoms with Gasteiger partial charge in [0.1, 0.15) is 17.6 Å². The van der Waals surface area contributed by atoms with Gasteiger partial charge in [-0.15, -0.1) is 0 Å². The van der Waals surface area contributed by atoms with Gasteiger partial charge >= 0.3 is 0 Å². The molecule has 0 bridgehead atoms. The number of aromatic nitrogens is 3. The molecule has 7 nitrogen and oxygen atoms in total. The Morgan fingerprint density at radius 3 is 3.00 bits per heavy atom. The van der Waals surface area contributed by atoms with Gasteiger partial charge in [0.05, 0.1) is 24.7 Å². The Bertz CT molecular complexity index is 767. The fraction of sp³-hybridized carbons (Fsp3) is 0.500. The zero-order valence-corrected chi connectivity index (χ0v) is 14.8. The number of benzene rings is 1. The molecule has 0 radical (unpaired) electrons. The van der Waals surface area contributed by atoms with Gasteiger partial charge in [0.2, 0.25) is 0 Å². The molecule has 25 heavy (non-hydrogen) atoms. The predicted octanol–water partition coefficient (Wildman–Crippen LogP) is 2.00. The van der Waals surface area contributed by atoms with Crippen LogP contribution in [0.15, 0.2) is 18.2 Å². The molecule has 1 N–H and O–H groups in total. The van der Waals surface area contributed by atoms with Gasteiger partial charge in [0.25, 0.3) is 0 Å². The normalized spacial score (nSPS) is 20.0. The van der Waals surface area contributed by atoms with Crippen molar-refractivity contribution in [2.75, 3.05) is 27.3 Å². The van der Waals surface area contributed by atoms with Crippen LogP contribution in [0, 0.1) is 18.3 Å². The fourth-order valence-corrected chi connectivity index (χ4v) is 3.26. The maximum atomic E-state index is 9.08. The Balaban J connectivity index is 1.64. The topological polar surface area (TPSA) is 87.1 Å². The number of nitriles is 1. The van der Waals surface area contributed by atoms with Gasteiger partial charge in [-0.25, -0.2) is 4.98 Å². The summed E-state index contributed by atoms with van der Waals surface area (Å²) in [7, 11) is 3.64. The molecule has 0 amide bonds. The number of nitrogens with zero attached hydrogens (tertiary/aromatic N) is 4. The van der Waals surface area contributed by atoms with Gasteiger partial charge < -0.3 is 9.47 Å². The number of methoxy groups -OCH3 is 1. The lowest BCUT2D eigenvalue weighted by Crippen LogP contribution is -2.32. The summed E-state index contributed by atoms with van der Waals surface area (Å²) in [4.78, 5) is 6.68. The SMILES string of the molecule is COc1cc(CN(C)C[C@H]2OCC[C@H]2c2n[nH]c(C)n2)ccc1C#N. The van der Waals surface area contributed by atoms with Crippen molar-refractivity contribution in [2.24, 2.45) is 0 Å². The minimum absolute atomic E-state index is 0.0838. The summed E-state index contributed by atoms with van der Waals surface area (Å²) in [5, 5.41) is 16.3. The van der Waals surface area contributed by atoms with Crippen molar-refractivity contribution >= 4 is 0 Å². The quantitative estimate of drug-likeness (QED) is 0.865. The summed E-state index contributed by atoms with van der Waals surface area (Å²) >= 11 is 0. The second-order valence-corrected chi connectivity index (χ2v) is 6.43. The highest BCUT2D eigenvalue weighted by molar-refractivity contribution is 5.45. The number of rotatable bonds is 6. The van der Waals surface area contributed by atoms with Crippen LogP contribution in [0.1, 0.15) is 35.1 Å². The van der Waals surface area contributed by atoms with Crippen molar-refractivity contribution in [2.45, 2.75) is 31.9 Å². The first-order valence-corrected chi connectivity index (χ1v) is 8.36. The second-order valence-electron chi connectivity index (χ2n) is 6.43. The van der Waals surface area contributed by atoms with Crippen molar-refractivity contribution in [1.29, 1.82) is 5.26 Å². The van der Waals surface area contributed by atoms with Crippen molar-refractivity contribution in [3.63, 3.8) is 0 Å². The average molecular weight is 341 g/mol. The van der Waals surface area contributed by atoms with E-state index in [1.165, 1.54) is 0 Å². The Labute approximate surface area is 147 Å². The summed E-state index contributed by atoms with van der Waals surface area (Å²) in [6, 6.07) is 7.81. The van der Waals surface area contributed by atoms with E-state index in [2.05, 4.69) is 33.2 Å². The standard InChI is InChI=1S/C18H23N5O2/c1-12-20-18(22-21-12)15-6-7-25-17(15)11-23(2)10-13-4-5-14(9-19)16(8-13)24-3/h4-5,8,15,17H,6-7,10-11H2,1-3H3,(H,20,21,22)/t15-,17-/m1/s1. The smallest absolute Gasteiger partial charge is 0.156 e. The van der Waals surface area contributed by atoms with Crippen LogP contribution < -0.4 is 4.74 Å². The minimum atomic E-state index is 0.0838. The highest BCUT2D eigenvalue weighted by Gasteiger charge is 2.33. The van der Waals surface area contributed by atoms with E-state index in [4.69, 9.17) is 14.7 Å². The van der Waals surface area contributed by atoms with Gasteiger partial charge in [0.15, 0.2) is 5.82 Å². The van der Waals surface area contributed by atoms with Crippen molar-refractivity contribution in [3.8, 4) is 11.8 Å².